The first-order valence-electron chi connectivity index (χ1n) is 8.11. The highest BCUT2D eigenvalue weighted by Gasteiger charge is 1.99. The van der Waals surface area contributed by atoms with Gasteiger partial charge in [0, 0.05) is 13.5 Å². The molecule has 1 N–H and O–H groups in total. The highest BCUT2D eigenvalue weighted by atomic mass is 16.1. The van der Waals surface area contributed by atoms with Gasteiger partial charge in [0.25, 0.3) is 0 Å². The van der Waals surface area contributed by atoms with Crippen molar-refractivity contribution in [1.29, 1.82) is 0 Å². The molecule has 0 heterocycles. The van der Waals surface area contributed by atoms with Gasteiger partial charge in [0.1, 0.15) is 0 Å². The van der Waals surface area contributed by atoms with Crippen LogP contribution >= 0.6 is 0 Å². The fourth-order valence-corrected chi connectivity index (χ4v) is 2.19. The molecule has 0 saturated heterocycles. The molecule has 0 unspecified atom stereocenters. The summed E-state index contributed by atoms with van der Waals surface area (Å²) in [6.45, 7) is 8.32. The molecule has 0 atom stereocenters. The van der Waals surface area contributed by atoms with Crippen molar-refractivity contribution in [2.45, 2.75) is 47.1 Å². The first-order valence-corrected chi connectivity index (χ1v) is 8.11. The van der Waals surface area contributed by atoms with Gasteiger partial charge in [0.2, 0.25) is 5.91 Å². The lowest BCUT2D eigenvalue weighted by atomic mass is 10.0. The number of rotatable bonds is 5. The van der Waals surface area contributed by atoms with Crippen LogP contribution in [0.1, 0.15) is 45.2 Å². The van der Waals surface area contributed by atoms with E-state index in [1.807, 2.05) is 13.8 Å². The van der Waals surface area contributed by atoms with Gasteiger partial charge < -0.3 is 5.32 Å². The van der Waals surface area contributed by atoms with Gasteiger partial charge >= 0.3 is 0 Å². The number of carbonyl (C=O) groups is 1. The van der Waals surface area contributed by atoms with Crippen LogP contribution in [0.25, 0.3) is 11.1 Å². The van der Waals surface area contributed by atoms with Gasteiger partial charge in [0.15, 0.2) is 0 Å². The summed E-state index contributed by atoms with van der Waals surface area (Å²) in [4.78, 5) is 10.9. The summed E-state index contributed by atoms with van der Waals surface area (Å²) in [7, 11) is 0. The lowest BCUT2D eigenvalue weighted by molar-refractivity contribution is -0.119. The number of amides is 1. The third-order valence-corrected chi connectivity index (χ3v) is 3.32. The van der Waals surface area contributed by atoms with Crippen LogP contribution in [0.5, 0.6) is 0 Å². The SMILES string of the molecule is CC.CCCc1ccc(-c2ccc(CNC(C)=O)cc2)cc1. The zero-order valence-corrected chi connectivity index (χ0v) is 14.1. The molecule has 0 saturated carbocycles. The average Bonchev–Trinajstić information content (AvgIpc) is 2.56. The van der Waals surface area contributed by atoms with Crippen molar-refractivity contribution in [3.8, 4) is 11.1 Å². The molecule has 0 spiro atoms. The summed E-state index contributed by atoms with van der Waals surface area (Å²) in [5.41, 5.74) is 4.95. The zero-order chi connectivity index (χ0) is 16.4. The molecule has 0 aliphatic heterocycles. The number of hydrogen-bond acceptors (Lipinski definition) is 1. The highest BCUT2D eigenvalue weighted by molar-refractivity contribution is 5.72. The Hall–Kier alpha value is -2.09. The summed E-state index contributed by atoms with van der Waals surface area (Å²) >= 11 is 0. The average molecular weight is 297 g/mol. The summed E-state index contributed by atoms with van der Waals surface area (Å²) in [5, 5.41) is 2.80. The van der Waals surface area contributed by atoms with E-state index in [0.29, 0.717) is 6.54 Å². The van der Waals surface area contributed by atoms with Crippen LogP contribution in [0, 0.1) is 0 Å². The molecule has 2 aromatic rings. The maximum absolute atomic E-state index is 10.9. The van der Waals surface area contributed by atoms with Crippen LogP contribution in [-0.2, 0) is 17.8 Å². The van der Waals surface area contributed by atoms with Gasteiger partial charge in [-0.1, -0.05) is 75.7 Å². The van der Waals surface area contributed by atoms with E-state index in [4.69, 9.17) is 0 Å². The van der Waals surface area contributed by atoms with Crippen LogP contribution in [0.15, 0.2) is 48.5 Å². The van der Waals surface area contributed by atoms with Gasteiger partial charge in [0.05, 0.1) is 0 Å². The molecule has 0 radical (unpaired) electrons. The van der Waals surface area contributed by atoms with Gasteiger partial charge in [-0.15, -0.1) is 0 Å². The molecule has 2 nitrogen and oxygen atoms in total. The number of nitrogens with one attached hydrogen (secondary N) is 1. The van der Waals surface area contributed by atoms with Crippen molar-refractivity contribution < 1.29 is 4.79 Å². The smallest absolute Gasteiger partial charge is 0.217 e. The molecule has 0 aliphatic carbocycles. The number of carbonyl (C=O) groups excluding carboxylic acids is 1. The second-order valence-corrected chi connectivity index (χ2v) is 5.05. The van der Waals surface area contributed by atoms with E-state index < -0.39 is 0 Å². The topological polar surface area (TPSA) is 29.1 Å². The van der Waals surface area contributed by atoms with Crippen LogP contribution < -0.4 is 5.32 Å². The van der Waals surface area contributed by atoms with Crippen molar-refractivity contribution in [2.24, 2.45) is 0 Å². The molecule has 2 heteroatoms. The lowest BCUT2D eigenvalue weighted by Gasteiger charge is -2.06. The first-order chi connectivity index (χ1) is 10.7. The summed E-state index contributed by atoms with van der Waals surface area (Å²) in [6, 6.07) is 17.1. The minimum Gasteiger partial charge on any atom is -0.352 e. The maximum Gasteiger partial charge on any atom is 0.217 e. The van der Waals surface area contributed by atoms with Crippen LogP contribution in [0.4, 0.5) is 0 Å². The molecule has 0 aliphatic rings. The molecule has 118 valence electrons. The van der Waals surface area contributed by atoms with Gasteiger partial charge in [-0.2, -0.15) is 0 Å². The molecule has 0 bridgehead atoms. The zero-order valence-electron chi connectivity index (χ0n) is 14.1. The lowest BCUT2D eigenvalue weighted by Crippen LogP contribution is -2.18. The predicted molar refractivity (Wildman–Crippen MR) is 94.7 cm³/mol. The van der Waals surface area contributed by atoms with Crippen molar-refractivity contribution >= 4 is 5.91 Å². The monoisotopic (exact) mass is 297 g/mol. The van der Waals surface area contributed by atoms with E-state index in [0.717, 1.165) is 12.0 Å². The van der Waals surface area contributed by atoms with Gasteiger partial charge in [-0.05, 0) is 28.7 Å². The third-order valence-electron chi connectivity index (χ3n) is 3.32. The Morgan fingerprint density at radius 1 is 0.864 bits per heavy atom. The fourth-order valence-electron chi connectivity index (χ4n) is 2.19. The fraction of sp³-hybridized carbons (Fsp3) is 0.350. The molecule has 2 aromatic carbocycles. The Labute approximate surface area is 134 Å². The predicted octanol–water partition coefficient (Wildman–Crippen LogP) is 4.97. The standard InChI is InChI=1S/C18H21NO.C2H6/c1-3-4-15-5-9-17(10-6-15)18-11-7-16(8-12-18)13-19-14(2)20;1-2/h5-12H,3-4,13H2,1-2H3,(H,19,20);1-2H3. The third kappa shape index (κ3) is 5.72. The Kier molecular flexibility index (Phi) is 7.98. The molecule has 0 fully saturated rings. The molecule has 2 rings (SSSR count). The minimum absolute atomic E-state index is 0.000546. The van der Waals surface area contributed by atoms with E-state index in [1.54, 1.807) is 0 Å². The normalized spacial score (nSPS) is 9.64. The number of hydrogen-bond donors (Lipinski definition) is 1. The number of benzene rings is 2. The Balaban J connectivity index is 0.00000116. The van der Waals surface area contributed by atoms with Gasteiger partial charge in [-0.25, -0.2) is 0 Å². The van der Waals surface area contributed by atoms with E-state index in [2.05, 4.69) is 60.8 Å². The van der Waals surface area contributed by atoms with E-state index in [1.165, 1.54) is 30.0 Å². The largest absolute Gasteiger partial charge is 0.352 e. The maximum atomic E-state index is 10.9. The summed E-state index contributed by atoms with van der Waals surface area (Å²) in [6.07, 6.45) is 2.31. The van der Waals surface area contributed by atoms with Crippen molar-refractivity contribution in [3.05, 3.63) is 59.7 Å². The van der Waals surface area contributed by atoms with Crippen molar-refractivity contribution in [1.82, 2.24) is 5.32 Å². The van der Waals surface area contributed by atoms with E-state index in [-0.39, 0.29) is 5.91 Å². The van der Waals surface area contributed by atoms with Crippen LogP contribution in [-0.4, -0.2) is 5.91 Å². The minimum atomic E-state index is 0.000546. The first kappa shape index (κ1) is 18.0. The Morgan fingerprint density at radius 2 is 1.32 bits per heavy atom. The van der Waals surface area contributed by atoms with Crippen molar-refractivity contribution in [2.75, 3.05) is 0 Å². The highest BCUT2D eigenvalue weighted by Crippen LogP contribution is 2.20. The molecule has 1 amide bonds. The van der Waals surface area contributed by atoms with Crippen LogP contribution in [0.2, 0.25) is 0 Å². The summed E-state index contributed by atoms with van der Waals surface area (Å²) < 4.78 is 0. The van der Waals surface area contributed by atoms with E-state index >= 15 is 0 Å². The molecule has 22 heavy (non-hydrogen) atoms. The van der Waals surface area contributed by atoms with Crippen LogP contribution in [0.3, 0.4) is 0 Å². The van der Waals surface area contributed by atoms with Crippen molar-refractivity contribution in [3.63, 3.8) is 0 Å². The quantitative estimate of drug-likeness (QED) is 0.829. The molecular formula is C20H27NO. The molecular weight excluding hydrogens is 270 g/mol. The number of aryl methyl sites for hydroxylation is 1. The summed E-state index contributed by atoms with van der Waals surface area (Å²) in [5.74, 6) is 0.000546. The second-order valence-electron chi connectivity index (χ2n) is 5.05. The molecule has 0 aromatic heterocycles. The Morgan fingerprint density at radius 3 is 1.73 bits per heavy atom. The van der Waals surface area contributed by atoms with Gasteiger partial charge in [-0.3, -0.25) is 4.79 Å². The second kappa shape index (κ2) is 9.78. The Bertz CT molecular complexity index is 555. The van der Waals surface area contributed by atoms with E-state index in [9.17, 15) is 4.79 Å².